The second kappa shape index (κ2) is 10.8. The van der Waals surface area contributed by atoms with E-state index < -0.39 is 5.97 Å². The molecule has 0 saturated heterocycles. The van der Waals surface area contributed by atoms with Gasteiger partial charge in [-0.15, -0.1) is 0 Å². The molecule has 164 valence electrons. The van der Waals surface area contributed by atoms with Gasteiger partial charge in [0, 0.05) is 12.0 Å². The molecule has 5 heteroatoms. The molecule has 2 atom stereocenters. The van der Waals surface area contributed by atoms with Crippen molar-refractivity contribution in [2.75, 3.05) is 6.61 Å². The summed E-state index contributed by atoms with van der Waals surface area (Å²) >= 11 is 0. The Hall–Kier alpha value is -3.08. The maximum Gasteiger partial charge on any atom is 0.307 e. The van der Waals surface area contributed by atoms with E-state index in [0.29, 0.717) is 25.3 Å². The number of aromatic nitrogens is 1. The summed E-state index contributed by atoms with van der Waals surface area (Å²) in [6, 6.07) is 9.86. The third-order valence-electron chi connectivity index (χ3n) is 5.78. The average molecular weight is 422 g/mol. The predicted octanol–water partition coefficient (Wildman–Crippen LogP) is 6.12. The minimum Gasteiger partial charge on any atom is -0.493 e. The van der Waals surface area contributed by atoms with E-state index >= 15 is 0 Å². The first-order valence-electron chi connectivity index (χ1n) is 10.9. The highest BCUT2D eigenvalue weighted by atomic mass is 16.5. The third kappa shape index (κ3) is 5.97. The fourth-order valence-corrected chi connectivity index (χ4v) is 3.97. The molecule has 0 bridgehead atoms. The van der Waals surface area contributed by atoms with Gasteiger partial charge in [-0.2, -0.15) is 0 Å². The quantitative estimate of drug-likeness (QED) is 0.556. The van der Waals surface area contributed by atoms with Crippen LogP contribution in [0.15, 0.2) is 70.4 Å². The van der Waals surface area contributed by atoms with Gasteiger partial charge < -0.3 is 14.3 Å². The number of aryl methyl sites for hydroxylation is 1. The molecule has 0 saturated carbocycles. The summed E-state index contributed by atoms with van der Waals surface area (Å²) in [5.74, 6) is 1.18. The van der Waals surface area contributed by atoms with Crippen LogP contribution < -0.4 is 0 Å². The smallest absolute Gasteiger partial charge is 0.307 e. The molecule has 1 aliphatic rings. The van der Waals surface area contributed by atoms with Crippen molar-refractivity contribution >= 4 is 5.97 Å². The van der Waals surface area contributed by atoms with E-state index in [-0.39, 0.29) is 11.8 Å². The van der Waals surface area contributed by atoms with E-state index in [1.807, 2.05) is 69.3 Å². The standard InChI is InChI=1S/C26H31NO4/c1-4-22(26(28)29)23-13-9-8-12-21(15-14-18(23)2)30-17-16-24-19(3)27-25(31-24)20-10-6-5-7-11-20/h5-8,10-12,14-15,22-23H,4,9,13,16-17H2,1-3H3,(H,28,29)/b12-8+,18-14+,21-15+. The van der Waals surface area contributed by atoms with Crippen LogP contribution in [-0.4, -0.2) is 22.7 Å². The lowest BCUT2D eigenvalue weighted by molar-refractivity contribution is -0.143. The van der Waals surface area contributed by atoms with E-state index in [2.05, 4.69) is 11.1 Å². The zero-order chi connectivity index (χ0) is 22.2. The topological polar surface area (TPSA) is 72.6 Å². The Morgan fingerprint density at radius 3 is 2.74 bits per heavy atom. The SMILES string of the molecule is CCC(C(=O)O)C1CC/C=C/C(OCCc2oc(-c3ccccc3)nc2C)=C\C=C\1C. The Labute approximate surface area is 184 Å². The Kier molecular flexibility index (Phi) is 7.88. The van der Waals surface area contributed by atoms with Crippen LogP contribution in [0.25, 0.3) is 11.5 Å². The van der Waals surface area contributed by atoms with Crippen LogP contribution in [0.3, 0.4) is 0 Å². The summed E-state index contributed by atoms with van der Waals surface area (Å²) in [6.45, 7) is 6.37. The van der Waals surface area contributed by atoms with Crippen molar-refractivity contribution in [1.29, 1.82) is 0 Å². The number of ether oxygens (including phenoxy) is 1. The summed E-state index contributed by atoms with van der Waals surface area (Å²) in [6.07, 6.45) is 10.9. The van der Waals surface area contributed by atoms with Gasteiger partial charge in [0.05, 0.1) is 18.2 Å². The van der Waals surface area contributed by atoms with Crippen molar-refractivity contribution < 1.29 is 19.1 Å². The second-order valence-corrected chi connectivity index (χ2v) is 7.91. The van der Waals surface area contributed by atoms with Crippen LogP contribution in [0.5, 0.6) is 0 Å². The minimum absolute atomic E-state index is 0.0380. The molecule has 0 spiro atoms. The highest BCUT2D eigenvalue weighted by molar-refractivity contribution is 5.70. The molecule has 1 N–H and O–H groups in total. The van der Waals surface area contributed by atoms with Crippen LogP contribution in [0, 0.1) is 18.8 Å². The van der Waals surface area contributed by atoms with Crippen molar-refractivity contribution in [2.24, 2.45) is 11.8 Å². The average Bonchev–Trinajstić information content (AvgIpc) is 3.16. The van der Waals surface area contributed by atoms with Gasteiger partial charge in [0.25, 0.3) is 0 Å². The van der Waals surface area contributed by atoms with Crippen LogP contribution in [0.2, 0.25) is 0 Å². The van der Waals surface area contributed by atoms with Crippen LogP contribution >= 0.6 is 0 Å². The van der Waals surface area contributed by atoms with E-state index in [1.165, 1.54) is 0 Å². The van der Waals surface area contributed by atoms with Crippen molar-refractivity contribution in [1.82, 2.24) is 4.98 Å². The predicted molar refractivity (Wildman–Crippen MR) is 121 cm³/mol. The maximum absolute atomic E-state index is 11.6. The number of aliphatic carboxylic acids is 1. The van der Waals surface area contributed by atoms with Crippen molar-refractivity contribution in [3.05, 3.63) is 77.4 Å². The zero-order valence-electron chi connectivity index (χ0n) is 18.5. The number of allylic oxidation sites excluding steroid dienone is 5. The normalized spacial score (nSPS) is 22.1. The van der Waals surface area contributed by atoms with Crippen LogP contribution in [0.4, 0.5) is 0 Å². The molecule has 1 aromatic heterocycles. The molecular formula is C26H31NO4. The lowest BCUT2D eigenvalue weighted by Crippen LogP contribution is -2.24. The summed E-state index contributed by atoms with van der Waals surface area (Å²) < 4.78 is 11.9. The summed E-state index contributed by atoms with van der Waals surface area (Å²) in [5, 5.41) is 9.55. The molecule has 0 aliphatic heterocycles. The highest BCUT2D eigenvalue weighted by Crippen LogP contribution is 2.30. The minimum atomic E-state index is -0.721. The molecule has 1 aliphatic carbocycles. The molecular weight excluding hydrogens is 390 g/mol. The highest BCUT2D eigenvalue weighted by Gasteiger charge is 2.27. The summed E-state index contributed by atoms with van der Waals surface area (Å²) in [4.78, 5) is 16.2. The number of hydrogen-bond acceptors (Lipinski definition) is 4. The van der Waals surface area contributed by atoms with E-state index in [9.17, 15) is 9.90 Å². The number of hydrogen-bond donors (Lipinski definition) is 1. The summed E-state index contributed by atoms with van der Waals surface area (Å²) in [5.41, 5.74) is 2.92. The number of rotatable bonds is 8. The van der Waals surface area contributed by atoms with Gasteiger partial charge in [-0.05, 0) is 63.3 Å². The van der Waals surface area contributed by atoms with Gasteiger partial charge in [0.2, 0.25) is 5.89 Å². The van der Waals surface area contributed by atoms with Gasteiger partial charge in [-0.3, -0.25) is 4.79 Å². The molecule has 1 heterocycles. The molecule has 31 heavy (non-hydrogen) atoms. The number of carboxylic acids is 1. The number of benzene rings is 1. The molecule has 0 radical (unpaired) electrons. The van der Waals surface area contributed by atoms with Crippen molar-refractivity contribution in [2.45, 2.75) is 46.5 Å². The largest absolute Gasteiger partial charge is 0.493 e. The molecule has 2 unspecified atom stereocenters. The fourth-order valence-electron chi connectivity index (χ4n) is 3.97. The molecule has 2 aromatic rings. The molecule has 0 amide bonds. The first-order chi connectivity index (χ1) is 15.0. The number of carbonyl (C=O) groups is 1. The van der Waals surface area contributed by atoms with Gasteiger partial charge in [0.1, 0.15) is 11.5 Å². The van der Waals surface area contributed by atoms with Gasteiger partial charge in [-0.25, -0.2) is 4.98 Å². The van der Waals surface area contributed by atoms with E-state index in [0.717, 1.165) is 41.2 Å². The monoisotopic (exact) mass is 421 g/mol. The van der Waals surface area contributed by atoms with Crippen molar-refractivity contribution in [3.63, 3.8) is 0 Å². The van der Waals surface area contributed by atoms with Gasteiger partial charge in [0.15, 0.2) is 0 Å². The van der Waals surface area contributed by atoms with E-state index in [4.69, 9.17) is 9.15 Å². The Morgan fingerprint density at radius 2 is 2.03 bits per heavy atom. The van der Waals surface area contributed by atoms with Gasteiger partial charge >= 0.3 is 5.97 Å². The van der Waals surface area contributed by atoms with Gasteiger partial charge in [-0.1, -0.05) is 42.8 Å². The Bertz CT molecular complexity index is 969. The second-order valence-electron chi connectivity index (χ2n) is 7.91. The number of carboxylic acid groups (broad SMARTS) is 1. The Balaban J connectivity index is 1.64. The molecule has 3 rings (SSSR count). The lowest BCUT2D eigenvalue weighted by Gasteiger charge is -2.23. The molecule has 1 aromatic carbocycles. The summed E-state index contributed by atoms with van der Waals surface area (Å²) in [7, 11) is 0. The third-order valence-corrected chi connectivity index (χ3v) is 5.78. The zero-order valence-corrected chi connectivity index (χ0v) is 18.5. The Morgan fingerprint density at radius 1 is 1.26 bits per heavy atom. The van der Waals surface area contributed by atoms with Crippen LogP contribution in [0.1, 0.15) is 44.6 Å². The first kappa shape index (κ1) is 22.6. The maximum atomic E-state index is 11.6. The molecule has 0 fully saturated rings. The first-order valence-corrected chi connectivity index (χ1v) is 10.9. The molecule has 5 nitrogen and oxygen atoms in total. The lowest BCUT2D eigenvalue weighted by atomic mass is 9.81. The van der Waals surface area contributed by atoms with Crippen LogP contribution in [-0.2, 0) is 16.0 Å². The number of nitrogens with zero attached hydrogens (tertiary/aromatic N) is 1. The number of oxazole rings is 1. The van der Waals surface area contributed by atoms with E-state index in [1.54, 1.807) is 0 Å². The van der Waals surface area contributed by atoms with Crippen molar-refractivity contribution in [3.8, 4) is 11.5 Å². The fraction of sp³-hybridized carbons (Fsp3) is 0.385.